The van der Waals surface area contributed by atoms with Gasteiger partial charge in [-0.15, -0.1) is 77.1 Å². The number of aliphatic hydroxyl groups excluding tert-OH is 14. The maximum Gasteiger partial charge on any atom is 0.186 e. The largest absolute Gasteiger partial charge is 0.786 e. The van der Waals surface area contributed by atoms with Crippen LogP contribution in [0.2, 0.25) is 0 Å². The monoisotopic (exact) mass is 1570 g/mol. The van der Waals surface area contributed by atoms with Crippen LogP contribution in [0.5, 0.6) is 0 Å². The van der Waals surface area contributed by atoms with Crippen LogP contribution < -0.4 is 0 Å². The van der Waals surface area contributed by atoms with Crippen molar-refractivity contribution in [3.05, 3.63) is 5.01 Å². The third-order valence-corrected chi connectivity index (χ3v) is 32.0. The van der Waals surface area contributed by atoms with Crippen molar-refractivity contribution in [1.82, 2.24) is 71.4 Å². The number of hydrogen-bond donors (Lipinski definition) is 14. The fourth-order valence-corrected chi connectivity index (χ4v) is 25.7. The molecule has 7 rings (SSSR count). The minimum atomic E-state index is -0.767. The van der Waals surface area contributed by atoms with Gasteiger partial charge in [0, 0.05) is 40.3 Å². The highest BCUT2D eigenvalue weighted by Crippen LogP contribution is 2.47. The summed E-state index contributed by atoms with van der Waals surface area (Å²) in [7, 11) is 7.27. The molecular weight excluding hydrogens is 1530 g/mol. The number of aliphatic hydroxyl groups is 14. The average molecular weight is 1580 g/mol. The van der Waals surface area contributed by atoms with Crippen LogP contribution in [0.25, 0.3) is 0 Å². The fraction of sp³-hybridized carbons (Fsp3) is 0.611. The predicted octanol–water partition coefficient (Wildman–Crippen LogP) is 3.27. The van der Waals surface area contributed by atoms with Gasteiger partial charge in [0.1, 0.15) is 0 Å². The van der Waals surface area contributed by atoms with E-state index >= 15 is 0 Å². The summed E-state index contributed by atoms with van der Waals surface area (Å²) < 4.78 is 9.73. The number of hydrogen-bond acceptors (Lipinski definition) is 49. The lowest BCUT2D eigenvalue weighted by molar-refractivity contribution is 0.113. The van der Waals surface area contributed by atoms with Crippen LogP contribution in [-0.2, 0) is 18.4 Å². The second-order valence-corrected chi connectivity index (χ2v) is 39.2. The molecule has 476 valence electrons. The summed E-state index contributed by atoms with van der Waals surface area (Å²) in [5.74, 6) is 3.15. The second-order valence-electron chi connectivity index (χ2n) is 14.6. The first-order valence-electron chi connectivity index (χ1n) is 22.9. The number of rotatable bonds is 38. The molecule has 7 aromatic heterocycles. The zero-order chi connectivity index (χ0) is 61.8. The van der Waals surface area contributed by atoms with Crippen LogP contribution in [0.3, 0.4) is 0 Å². The number of aromatic nitrogens is 14. The first-order valence-corrected chi connectivity index (χ1v) is 42.6. The SMILES string of the molecule is OCC(O)CSc1nnc(C[S-])s1.OCC(O)CSc1nnc(SSSc2nnc(SCC(O)CO)s2)s1.OCC(O)CSc1nnc(SSc2nnc(SCC(O)CO)s2)s1.OCC(O)CSc1nnc(Sc2nnc(SCC(O)CO)s2)s1. The van der Waals surface area contributed by atoms with Gasteiger partial charge >= 0.3 is 0 Å². The lowest BCUT2D eigenvalue weighted by Gasteiger charge is -2.02. The Morgan fingerprint density at radius 1 is 0.271 bits per heavy atom. The Bertz CT molecular complexity index is 2660. The van der Waals surface area contributed by atoms with Gasteiger partial charge in [-0.25, -0.2) is 0 Å². The summed E-state index contributed by atoms with van der Waals surface area (Å²) in [5, 5.41) is 183. The minimum Gasteiger partial charge on any atom is -0.786 e. The summed E-state index contributed by atoms with van der Waals surface area (Å²) in [6, 6.07) is 0. The van der Waals surface area contributed by atoms with Gasteiger partial charge in [-0.05, 0) is 64.8 Å². The Balaban J connectivity index is 0.000000248. The van der Waals surface area contributed by atoms with Crippen molar-refractivity contribution < 1.29 is 71.5 Å². The van der Waals surface area contributed by atoms with Gasteiger partial charge in [-0.2, -0.15) is 0 Å². The molecule has 7 heterocycles. The maximum atomic E-state index is 9.31. The van der Waals surface area contributed by atoms with Crippen molar-refractivity contribution >= 4 is 239 Å². The third kappa shape index (κ3) is 34.8. The summed E-state index contributed by atoms with van der Waals surface area (Å²) in [5.41, 5.74) is 0. The van der Waals surface area contributed by atoms with Crippen LogP contribution in [0.4, 0.5) is 0 Å². The number of thioether (sulfide) groups is 7. The minimum absolute atomic E-state index is 0.223. The third-order valence-electron chi connectivity index (χ3n) is 7.74. The molecule has 85 heavy (non-hydrogen) atoms. The standard InChI is InChI=1S/C10H14N4O4S7.C10H14N4O4S6.C10H14N4O4S5.C6H10N2O2S3/c15-1-5(17)3-19-7-11-13-9(21-7)23-25-24-10-14-12-8(22-10)20-4-6(18)2-16;15-1-5(17)3-19-7-11-13-9(21-7)23-24-10-14-12-8(22-10)20-4-6(18)2-16;15-1-5(17)3-19-7-11-13-9(21-7)23-10-14-12-8(22-10)20-4-6(18)2-16;9-1-4(10)3-12-6-8-7-5(2-11)13-6/h5-6,15-18H,1-4H2;5-6,15-18H,1-4H2;5-6,15-18H,1-4H2;4,9-11H,1-3H2/p-1. The summed E-state index contributed by atoms with van der Waals surface area (Å²) in [4.78, 5) is 0. The van der Waals surface area contributed by atoms with Crippen LogP contribution in [0.15, 0.2) is 56.4 Å². The predicted molar refractivity (Wildman–Crippen MR) is 352 cm³/mol. The topological polar surface area (TPSA) is 464 Å². The van der Waals surface area contributed by atoms with Gasteiger partial charge in [-0.1, -0.05) is 162 Å². The Morgan fingerprint density at radius 3 is 0.706 bits per heavy atom. The molecule has 0 saturated heterocycles. The van der Waals surface area contributed by atoms with Crippen molar-refractivity contribution in [3.63, 3.8) is 0 Å². The average Bonchev–Trinajstić information content (AvgIpc) is 4.45. The van der Waals surface area contributed by atoms with Gasteiger partial charge < -0.3 is 84.1 Å². The van der Waals surface area contributed by atoms with Crippen LogP contribution in [0, 0.1) is 0 Å². The lowest BCUT2D eigenvalue weighted by Crippen LogP contribution is -2.14. The Kier molecular flexibility index (Phi) is 43.7. The van der Waals surface area contributed by atoms with E-state index in [1.165, 1.54) is 226 Å². The highest BCUT2D eigenvalue weighted by atomic mass is 33.5. The lowest BCUT2D eigenvalue weighted by atomic mass is 10.4. The molecule has 7 atom stereocenters. The van der Waals surface area contributed by atoms with E-state index in [9.17, 15) is 30.6 Å². The molecule has 0 fully saturated rings. The van der Waals surface area contributed by atoms with Gasteiger partial charge in [-0.3, -0.25) is 0 Å². The van der Waals surface area contributed by atoms with E-state index in [1.807, 2.05) is 0 Å². The molecule has 0 saturated carbocycles. The highest BCUT2D eigenvalue weighted by Gasteiger charge is 2.17. The van der Waals surface area contributed by atoms with Gasteiger partial charge in [0.05, 0.1) is 94.0 Å². The molecule has 0 aromatic carbocycles. The maximum absolute atomic E-state index is 9.31. The smallest absolute Gasteiger partial charge is 0.186 e. The van der Waals surface area contributed by atoms with Crippen molar-refractivity contribution in [3.8, 4) is 0 Å². The fourth-order valence-electron chi connectivity index (χ4n) is 3.87. The second kappa shape index (κ2) is 47.2. The molecular formula is C36H51N14O14S21-. The van der Waals surface area contributed by atoms with Gasteiger partial charge in [0.2, 0.25) is 0 Å². The van der Waals surface area contributed by atoms with Gasteiger partial charge in [0.15, 0.2) is 56.4 Å². The molecule has 0 bridgehead atoms. The van der Waals surface area contributed by atoms with E-state index in [4.69, 9.17) is 53.5 Å². The summed E-state index contributed by atoms with van der Waals surface area (Å²) in [6.07, 6.45) is -5.25. The highest BCUT2D eigenvalue weighted by molar-refractivity contribution is 9.09. The first kappa shape index (κ1) is 78.7. The summed E-state index contributed by atoms with van der Waals surface area (Å²) in [6.45, 7) is -1.83. The Morgan fingerprint density at radius 2 is 0.471 bits per heavy atom. The molecule has 0 amide bonds. The molecule has 0 aliphatic heterocycles. The molecule has 0 aliphatic rings. The molecule has 28 nitrogen and oxygen atoms in total. The summed E-state index contributed by atoms with van der Waals surface area (Å²) >= 11 is 25.5. The molecule has 7 unspecified atom stereocenters. The Labute approximate surface area is 571 Å². The van der Waals surface area contributed by atoms with E-state index in [0.29, 0.717) is 63.4 Å². The van der Waals surface area contributed by atoms with Gasteiger partial charge in [0.25, 0.3) is 0 Å². The number of nitrogens with zero attached hydrogens (tertiary/aromatic N) is 14. The molecule has 49 heteroatoms. The van der Waals surface area contributed by atoms with E-state index < -0.39 is 42.7 Å². The van der Waals surface area contributed by atoms with Crippen molar-refractivity contribution in [2.45, 2.75) is 105 Å². The van der Waals surface area contributed by atoms with E-state index in [-0.39, 0.29) is 46.2 Å². The van der Waals surface area contributed by atoms with Crippen molar-refractivity contribution in [2.24, 2.45) is 0 Å². The normalized spacial score (nSPS) is 13.9. The van der Waals surface area contributed by atoms with Crippen LogP contribution in [0.1, 0.15) is 5.01 Å². The Hall–Kier alpha value is 1.26. The van der Waals surface area contributed by atoms with E-state index in [2.05, 4.69) is 71.4 Å². The van der Waals surface area contributed by atoms with E-state index in [1.54, 1.807) is 0 Å². The van der Waals surface area contributed by atoms with Crippen LogP contribution in [-0.4, -0.2) is 272 Å². The van der Waals surface area contributed by atoms with Crippen LogP contribution >= 0.6 is 226 Å². The molecule has 0 spiro atoms. The van der Waals surface area contributed by atoms with Crippen molar-refractivity contribution in [2.75, 3.05) is 86.5 Å². The first-order chi connectivity index (χ1) is 41.1. The quantitative estimate of drug-likeness (QED) is 0.0150. The molecule has 0 aliphatic carbocycles. The zero-order valence-corrected chi connectivity index (χ0v) is 59.9. The molecule has 14 N–H and O–H groups in total. The van der Waals surface area contributed by atoms with Crippen molar-refractivity contribution in [1.29, 1.82) is 0 Å². The molecule has 7 aromatic rings. The molecule has 0 radical (unpaired) electrons. The van der Waals surface area contributed by atoms with E-state index in [0.717, 1.165) is 44.1 Å². The zero-order valence-electron chi connectivity index (χ0n) is 42.7.